The van der Waals surface area contributed by atoms with Crippen LogP contribution in [0.15, 0.2) is 61.2 Å². The lowest BCUT2D eigenvalue weighted by Crippen LogP contribution is -1.97. The zero-order chi connectivity index (χ0) is 22.7. The van der Waals surface area contributed by atoms with Gasteiger partial charge in [0.05, 0.1) is 16.6 Å². The van der Waals surface area contributed by atoms with Gasteiger partial charge in [-0.3, -0.25) is 4.98 Å². The number of carbonyl (C=O) groups is 2. The van der Waals surface area contributed by atoms with E-state index in [4.69, 9.17) is 15.9 Å². The maximum Gasteiger partial charge on any atom is 0.335 e. The second-order valence-corrected chi connectivity index (χ2v) is 6.44. The lowest BCUT2D eigenvalue weighted by Gasteiger charge is -2.05. The minimum Gasteiger partial charge on any atom is -0.478 e. The number of carboxylic acid groups (broad SMARTS) is 2. The van der Waals surface area contributed by atoms with Gasteiger partial charge in [-0.05, 0) is 73.9 Å². The first kappa shape index (κ1) is 24.4. The molecule has 4 N–H and O–H groups in total. The summed E-state index contributed by atoms with van der Waals surface area (Å²) in [6, 6.07) is 13.1. The van der Waals surface area contributed by atoms with Gasteiger partial charge in [-0.2, -0.15) is 0 Å². The van der Waals surface area contributed by atoms with Crippen molar-refractivity contribution in [3.63, 3.8) is 0 Å². The summed E-state index contributed by atoms with van der Waals surface area (Å²) in [5.74, 6) is -1.83. The van der Waals surface area contributed by atoms with Crippen molar-refractivity contribution in [3.05, 3.63) is 83.6 Å². The van der Waals surface area contributed by atoms with Crippen LogP contribution in [0.25, 0.3) is 10.9 Å². The van der Waals surface area contributed by atoms with E-state index >= 15 is 0 Å². The smallest absolute Gasteiger partial charge is 0.335 e. The molecule has 1 heterocycles. The monoisotopic (exact) mass is 408 g/mol. The summed E-state index contributed by atoms with van der Waals surface area (Å²) in [5, 5.41) is 18.2. The molecule has 0 saturated carbocycles. The molecule has 0 saturated heterocycles. The third kappa shape index (κ3) is 7.39. The number of aromatic carboxylic acids is 2. The number of rotatable bonds is 4. The van der Waals surface area contributed by atoms with Crippen molar-refractivity contribution >= 4 is 28.5 Å². The Morgan fingerprint density at radius 2 is 1.53 bits per heavy atom. The number of aromatic nitrogens is 1. The summed E-state index contributed by atoms with van der Waals surface area (Å²) >= 11 is 0. The van der Waals surface area contributed by atoms with Gasteiger partial charge in [-0.1, -0.05) is 19.9 Å². The van der Waals surface area contributed by atoms with Crippen molar-refractivity contribution < 1.29 is 19.8 Å². The summed E-state index contributed by atoms with van der Waals surface area (Å²) < 4.78 is 0. The largest absolute Gasteiger partial charge is 0.478 e. The molecule has 0 fully saturated rings. The zero-order valence-electron chi connectivity index (χ0n) is 17.6. The predicted octanol–water partition coefficient (Wildman–Crippen LogP) is 5.35. The van der Waals surface area contributed by atoms with Crippen LogP contribution in [0.3, 0.4) is 0 Å². The van der Waals surface area contributed by atoms with Gasteiger partial charge in [0.25, 0.3) is 0 Å². The van der Waals surface area contributed by atoms with Crippen LogP contribution in [-0.4, -0.2) is 27.1 Å². The lowest BCUT2D eigenvalue weighted by molar-refractivity contribution is 0.0686. The average molecular weight is 408 g/mol. The van der Waals surface area contributed by atoms with Gasteiger partial charge in [0.2, 0.25) is 0 Å². The van der Waals surface area contributed by atoms with Gasteiger partial charge in [0.1, 0.15) is 0 Å². The number of nitrogens with zero attached hydrogens (tertiary/aromatic N) is 1. The number of nitrogens with two attached hydrogens (primary N) is 1. The number of pyridine rings is 1. The van der Waals surface area contributed by atoms with Gasteiger partial charge in [-0.15, -0.1) is 6.58 Å². The third-order valence-corrected chi connectivity index (χ3v) is 4.14. The molecule has 0 amide bonds. The SMILES string of the molecule is C=CCC.CCc1nc2ccc(C(=O)O)cc2cc1C.Nc1ccc(C(=O)O)cc1. The van der Waals surface area contributed by atoms with E-state index in [1.54, 1.807) is 30.3 Å². The van der Waals surface area contributed by atoms with Crippen molar-refractivity contribution in [2.75, 3.05) is 5.73 Å². The third-order valence-electron chi connectivity index (χ3n) is 4.14. The molecule has 30 heavy (non-hydrogen) atoms. The molecule has 6 heteroatoms. The predicted molar refractivity (Wildman–Crippen MR) is 121 cm³/mol. The zero-order valence-corrected chi connectivity index (χ0v) is 17.6. The highest BCUT2D eigenvalue weighted by Gasteiger charge is 2.06. The second-order valence-electron chi connectivity index (χ2n) is 6.44. The van der Waals surface area contributed by atoms with E-state index in [9.17, 15) is 9.59 Å². The molecule has 0 radical (unpaired) electrons. The highest BCUT2D eigenvalue weighted by Crippen LogP contribution is 2.18. The standard InChI is InChI=1S/C13H13NO2.C7H7NO2.C4H8/c1-3-11-8(2)6-10-7-9(13(15)16)4-5-12(10)14-11;8-6-3-1-5(2-4-6)7(9)10;1-3-4-2/h4-7H,3H2,1-2H3,(H,15,16);1-4H,8H2,(H,9,10);3H,1,4H2,2H3. The highest BCUT2D eigenvalue weighted by molar-refractivity contribution is 5.93. The Bertz CT molecular complexity index is 1010. The summed E-state index contributed by atoms with van der Waals surface area (Å²) in [7, 11) is 0. The number of anilines is 1. The lowest BCUT2D eigenvalue weighted by atomic mass is 10.1. The first-order valence-electron chi connectivity index (χ1n) is 9.56. The molecule has 0 aliphatic carbocycles. The summed E-state index contributed by atoms with van der Waals surface area (Å²) in [4.78, 5) is 25.6. The first-order chi connectivity index (χ1) is 14.2. The molecule has 0 spiro atoms. The van der Waals surface area contributed by atoms with Crippen molar-refractivity contribution in [2.45, 2.75) is 33.6 Å². The van der Waals surface area contributed by atoms with Gasteiger partial charge in [0, 0.05) is 16.8 Å². The Hall–Kier alpha value is -3.67. The molecule has 1 aromatic heterocycles. The second kappa shape index (κ2) is 12.0. The normalized spacial score (nSPS) is 9.57. The Morgan fingerprint density at radius 1 is 1.00 bits per heavy atom. The van der Waals surface area contributed by atoms with Crippen LogP contribution < -0.4 is 5.73 Å². The number of hydrogen-bond donors (Lipinski definition) is 3. The Morgan fingerprint density at radius 3 is 2.00 bits per heavy atom. The van der Waals surface area contributed by atoms with Crippen LogP contribution in [0, 0.1) is 6.92 Å². The molecule has 158 valence electrons. The minimum absolute atomic E-state index is 0.259. The topological polar surface area (TPSA) is 114 Å². The van der Waals surface area contributed by atoms with Crippen LogP contribution >= 0.6 is 0 Å². The van der Waals surface area contributed by atoms with Crippen LogP contribution in [0.4, 0.5) is 5.69 Å². The van der Waals surface area contributed by atoms with Crippen LogP contribution in [0.5, 0.6) is 0 Å². The molecular formula is C24H28N2O4. The van der Waals surface area contributed by atoms with Gasteiger partial charge in [-0.25, -0.2) is 9.59 Å². The minimum atomic E-state index is -0.931. The number of allylic oxidation sites excluding steroid dienone is 1. The quantitative estimate of drug-likeness (QED) is 0.396. The molecule has 0 bridgehead atoms. The highest BCUT2D eigenvalue weighted by atomic mass is 16.4. The molecule has 0 aliphatic rings. The molecule has 3 rings (SSSR count). The van der Waals surface area contributed by atoms with E-state index in [2.05, 4.69) is 25.4 Å². The molecule has 2 aromatic carbocycles. The van der Waals surface area contributed by atoms with Gasteiger partial charge >= 0.3 is 11.9 Å². The fourth-order valence-corrected chi connectivity index (χ4v) is 2.44. The number of carboxylic acids is 2. The van der Waals surface area contributed by atoms with E-state index < -0.39 is 11.9 Å². The average Bonchev–Trinajstić information content (AvgIpc) is 2.73. The van der Waals surface area contributed by atoms with Crippen LogP contribution in [0.2, 0.25) is 0 Å². The molecule has 6 nitrogen and oxygen atoms in total. The Kier molecular flexibility index (Phi) is 9.76. The number of benzene rings is 2. The Labute approximate surface area is 176 Å². The number of nitrogen functional groups attached to an aromatic ring is 1. The van der Waals surface area contributed by atoms with Gasteiger partial charge < -0.3 is 15.9 Å². The van der Waals surface area contributed by atoms with E-state index in [1.165, 1.54) is 12.1 Å². The summed E-state index contributed by atoms with van der Waals surface area (Å²) in [5.41, 5.74) is 9.50. The van der Waals surface area contributed by atoms with E-state index in [-0.39, 0.29) is 5.56 Å². The first-order valence-corrected chi connectivity index (χ1v) is 9.56. The fraction of sp³-hybridized carbons (Fsp3) is 0.208. The number of aryl methyl sites for hydroxylation is 2. The van der Waals surface area contributed by atoms with E-state index in [1.807, 2.05) is 19.1 Å². The number of hydrogen-bond acceptors (Lipinski definition) is 4. The van der Waals surface area contributed by atoms with Gasteiger partial charge in [0.15, 0.2) is 0 Å². The van der Waals surface area contributed by atoms with E-state index in [0.29, 0.717) is 11.3 Å². The maximum absolute atomic E-state index is 10.8. The number of fused-ring (bicyclic) bond motifs is 1. The van der Waals surface area contributed by atoms with Crippen molar-refractivity contribution in [1.29, 1.82) is 0 Å². The van der Waals surface area contributed by atoms with Crippen molar-refractivity contribution in [1.82, 2.24) is 4.98 Å². The van der Waals surface area contributed by atoms with E-state index in [0.717, 1.165) is 35.0 Å². The maximum atomic E-state index is 10.8. The van der Waals surface area contributed by atoms with Crippen molar-refractivity contribution in [3.8, 4) is 0 Å². The summed E-state index contributed by atoms with van der Waals surface area (Å²) in [6.07, 6.45) is 3.85. The molecule has 0 unspecified atom stereocenters. The summed E-state index contributed by atoms with van der Waals surface area (Å²) in [6.45, 7) is 9.60. The fourth-order valence-electron chi connectivity index (χ4n) is 2.44. The molecule has 0 atom stereocenters. The molecular weight excluding hydrogens is 380 g/mol. The molecule has 0 aliphatic heterocycles. The van der Waals surface area contributed by atoms with Crippen LogP contribution in [-0.2, 0) is 6.42 Å². The van der Waals surface area contributed by atoms with Crippen LogP contribution in [0.1, 0.15) is 52.2 Å². The Balaban J connectivity index is 0.000000274. The molecule has 3 aromatic rings. The van der Waals surface area contributed by atoms with Crippen molar-refractivity contribution in [2.24, 2.45) is 0 Å².